The van der Waals surface area contributed by atoms with E-state index in [2.05, 4.69) is 4.98 Å². The largest absolute Gasteiger partial charge is 0.394 e. The number of ether oxygens (including phenoxy) is 1. The van der Waals surface area contributed by atoms with Crippen LogP contribution in [0.15, 0.2) is 21.9 Å². The molecule has 1 aromatic rings. The fraction of sp³-hybridized carbons (Fsp3) is 0.636. The number of aromatic nitrogens is 2. The molecule has 0 aliphatic rings. The third-order valence-electron chi connectivity index (χ3n) is 2.53. The third kappa shape index (κ3) is 3.52. The fourth-order valence-electron chi connectivity index (χ4n) is 1.50. The SMILES string of the molecule is CCC(CO)OC([C@H](C)O)n1ccc(=O)[nH]c1=O. The van der Waals surface area contributed by atoms with Crippen molar-refractivity contribution >= 4 is 0 Å². The van der Waals surface area contributed by atoms with Crippen LogP contribution in [0.2, 0.25) is 0 Å². The smallest absolute Gasteiger partial charge is 0.330 e. The molecule has 3 N–H and O–H groups in total. The highest BCUT2D eigenvalue weighted by atomic mass is 16.5. The highest BCUT2D eigenvalue weighted by Gasteiger charge is 2.22. The van der Waals surface area contributed by atoms with E-state index in [1.54, 1.807) is 0 Å². The van der Waals surface area contributed by atoms with Gasteiger partial charge in [-0.3, -0.25) is 14.3 Å². The lowest BCUT2D eigenvalue weighted by Crippen LogP contribution is -2.39. The lowest BCUT2D eigenvalue weighted by atomic mass is 10.2. The zero-order chi connectivity index (χ0) is 13.7. The van der Waals surface area contributed by atoms with Gasteiger partial charge >= 0.3 is 5.69 Å². The average Bonchev–Trinajstić information content (AvgIpc) is 2.32. The van der Waals surface area contributed by atoms with Gasteiger partial charge in [0.15, 0.2) is 6.23 Å². The van der Waals surface area contributed by atoms with Crippen LogP contribution in [0.4, 0.5) is 0 Å². The number of nitrogens with zero attached hydrogens (tertiary/aromatic N) is 1. The molecule has 0 amide bonds. The molecular formula is C11H18N2O5. The number of H-pyrrole nitrogens is 1. The second-order valence-electron chi connectivity index (χ2n) is 4.00. The number of rotatable bonds is 6. The molecule has 0 aliphatic carbocycles. The Morgan fingerprint density at radius 3 is 2.61 bits per heavy atom. The topological polar surface area (TPSA) is 105 Å². The molecule has 0 aromatic carbocycles. The Morgan fingerprint density at radius 2 is 2.17 bits per heavy atom. The third-order valence-corrected chi connectivity index (χ3v) is 2.53. The first kappa shape index (κ1) is 14.6. The maximum atomic E-state index is 11.6. The van der Waals surface area contributed by atoms with Gasteiger partial charge in [-0.2, -0.15) is 0 Å². The van der Waals surface area contributed by atoms with Gasteiger partial charge in [0.25, 0.3) is 5.56 Å². The summed E-state index contributed by atoms with van der Waals surface area (Å²) >= 11 is 0. The Morgan fingerprint density at radius 1 is 1.50 bits per heavy atom. The van der Waals surface area contributed by atoms with Crippen LogP contribution in [-0.2, 0) is 4.74 Å². The quantitative estimate of drug-likeness (QED) is 0.620. The molecule has 1 heterocycles. The van der Waals surface area contributed by atoms with Gasteiger partial charge < -0.3 is 14.9 Å². The van der Waals surface area contributed by atoms with E-state index in [-0.39, 0.29) is 6.61 Å². The zero-order valence-corrected chi connectivity index (χ0v) is 10.4. The van der Waals surface area contributed by atoms with E-state index in [4.69, 9.17) is 9.84 Å². The van der Waals surface area contributed by atoms with Crippen molar-refractivity contribution in [2.75, 3.05) is 6.61 Å². The van der Waals surface area contributed by atoms with Crippen LogP contribution in [0.1, 0.15) is 26.5 Å². The predicted molar refractivity (Wildman–Crippen MR) is 64.3 cm³/mol. The van der Waals surface area contributed by atoms with Crippen LogP contribution >= 0.6 is 0 Å². The van der Waals surface area contributed by atoms with Gasteiger partial charge in [-0.25, -0.2) is 4.79 Å². The second-order valence-corrected chi connectivity index (χ2v) is 4.00. The molecule has 1 rings (SSSR count). The number of aromatic amines is 1. The first-order chi connectivity index (χ1) is 8.49. The van der Waals surface area contributed by atoms with Gasteiger partial charge in [0.1, 0.15) is 0 Å². The molecule has 0 saturated heterocycles. The van der Waals surface area contributed by atoms with E-state index >= 15 is 0 Å². The summed E-state index contributed by atoms with van der Waals surface area (Å²) in [5, 5.41) is 18.7. The molecule has 2 unspecified atom stereocenters. The summed E-state index contributed by atoms with van der Waals surface area (Å²) < 4.78 is 6.55. The molecule has 18 heavy (non-hydrogen) atoms. The molecule has 0 spiro atoms. The average molecular weight is 258 g/mol. The lowest BCUT2D eigenvalue weighted by molar-refractivity contribution is -0.126. The second kappa shape index (κ2) is 6.48. The fourth-order valence-corrected chi connectivity index (χ4v) is 1.50. The first-order valence-electron chi connectivity index (χ1n) is 5.75. The van der Waals surface area contributed by atoms with Crippen LogP contribution in [-0.4, -0.2) is 38.6 Å². The van der Waals surface area contributed by atoms with Crippen molar-refractivity contribution in [3.05, 3.63) is 33.1 Å². The Kier molecular flexibility index (Phi) is 5.26. The number of hydrogen-bond donors (Lipinski definition) is 3. The van der Waals surface area contributed by atoms with Crippen molar-refractivity contribution < 1.29 is 14.9 Å². The maximum Gasteiger partial charge on any atom is 0.330 e. The van der Waals surface area contributed by atoms with Crippen molar-refractivity contribution in [2.24, 2.45) is 0 Å². The standard InChI is InChI=1S/C11H18N2O5/c1-3-8(6-14)18-10(7(2)15)13-5-4-9(16)12-11(13)17/h4-5,7-8,10,14-15H,3,6H2,1-2H3,(H,12,16,17)/t7-,8?,10?/m0/s1. The summed E-state index contributed by atoms with van der Waals surface area (Å²) in [6.45, 7) is 3.07. The van der Waals surface area contributed by atoms with Crippen LogP contribution in [0.3, 0.4) is 0 Å². The Hall–Kier alpha value is -1.44. The summed E-state index contributed by atoms with van der Waals surface area (Å²) in [4.78, 5) is 24.6. The van der Waals surface area contributed by atoms with Gasteiger partial charge in [-0.05, 0) is 13.3 Å². The van der Waals surface area contributed by atoms with Crippen LogP contribution in [0, 0.1) is 0 Å². The molecule has 102 valence electrons. The Balaban J connectivity index is 3.05. The summed E-state index contributed by atoms with van der Waals surface area (Å²) in [5.74, 6) is 0. The Labute approximate surface area is 104 Å². The van der Waals surface area contributed by atoms with Crippen molar-refractivity contribution in [3.8, 4) is 0 Å². The van der Waals surface area contributed by atoms with Gasteiger partial charge in [-0.15, -0.1) is 0 Å². The summed E-state index contributed by atoms with van der Waals surface area (Å²) in [6, 6.07) is 1.17. The van der Waals surface area contributed by atoms with Crippen molar-refractivity contribution in [2.45, 2.75) is 38.7 Å². The van der Waals surface area contributed by atoms with E-state index in [9.17, 15) is 14.7 Å². The molecule has 0 saturated carbocycles. The summed E-state index contributed by atoms with van der Waals surface area (Å²) in [6.07, 6.45) is -0.607. The monoisotopic (exact) mass is 258 g/mol. The molecule has 0 fully saturated rings. The molecule has 0 bridgehead atoms. The van der Waals surface area contributed by atoms with Gasteiger partial charge in [-0.1, -0.05) is 6.92 Å². The minimum atomic E-state index is -0.964. The highest BCUT2D eigenvalue weighted by Crippen LogP contribution is 2.15. The van der Waals surface area contributed by atoms with E-state index in [1.807, 2.05) is 6.92 Å². The highest BCUT2D eigenvalue weighted by molar-refractivity contribution is 4.85. The normalized spacial score (nSPS) is 16.2. The minimum absolute atomic E-state index is 0.210. The molecule has 7 nitrogen and oxygen atoms in total. The van der Waals surface area contributed by atoms with E-state index in [0.29, 0.717) is 6.42 Å². The molecule has 1 aromatic heterocycles. The van der Waals surface area contributed by atoms with E-state index in [0.717, 1.165) is 4.57 Å². The summed E-state index contributed by atoms with van der Waals surface area (Å²) in [5.41, 5.74) is -1.18. The number of aliphatic hydroxyl groups excluding tert-OH is 2. The van der Waals surface area contributed by atoms with E-state index < -0.39 is 29.7 Å². The Bertz CT molecular complexity index is 475. The minimum Gasteiger partial charge on any atom is -0.394 e. The molecule has 0 aliphatic heterocycles. The van der Waals surface area contributed by atoms with Crippen molar-refractivity contribution in [1.29, 1.82) is 0 Å². The van der Waals surface area contributed by atoms with Crippen molar-refractivity contribution in [1.82, 2.24) is 9.55 Å². The molecule has 7 heteroatoms. The van der Waals surface area contributed by atoms with Gasteiger partial charge in [0.2, 0.25) is 0 Å². The van der Waals surface area contributed by atoms with Crippen LogP contribution in [0.5, 0.6) is 0 Å². The molecular weight excluding hydrogens is 240 g/mol. The molecule has 3 atom stereocenters. The van der Waals surface area contributed by atoms with Crippen LogP contribution < -0.4 is 11.2 Å². The van der Waals surface area contributed by atoms with E-state index in [1.165, 1.54) is 19.2 Å². The lowest BCUT2D eigenvalue weighted by Gasteiger charge is -2.26. The summed E-state index contributed by atoms with van der Waals surface area (Å²) in [7, 11) is 0. The first-order valence-corrected chi connectivity index (χ1v) is 5.75. The predicted octanol–water partition coefficient (Wildman–Crippen LogP) is -0.797. The number of hydrogen-bond acceptors (Lipinski definition) is 5. The van der Waals surface area contributed by atoms with Gasteiger partial charge in [0, 0.05) is 12.3 Å². The van der Waals surface area contributed by atoms with Gasteiger partial charge in [0.05, 0.1) is 18.8 Å². The van der Waals surface area contributed by atoms with Crippen LogP contribution in [0.25, 0.3) is 0 Å². The zero-order valence-electron chi connectivity index (χ0n) is 10.4. The number of aliphatic hydroxyl groups is 2. The maximum absolute atomic E-state index is 11.6. The molecule has 0 radical (unpaired) electrons. The number of nitrogens with one attached hydrogen (secondary N) is 1. The van der Waals surface area contributed by atoms with Crippen molar-refractivity contribution in [3.63, 3.8) is 0 Å².